The van der Waals surface area contributed by atoms with Crippen LogP contribution in [0.4, 0.5) is 0 Å². The summed E-state index contributed by atoms with van der Waals surface area (Å²) in [5.41, 5.74) is 4.41. The van der Waals surface area contributed by atoms with Crippen LogP contribution in [0.15, 0.2) is 42.5 Å². The summed E-state index contributed by atoms with van der Waals surface area (Å²) in [6.07, 6.45) is 3.48. The average Bonchev–Trinajstić information content (AvgIpc) is 2.30. The lowest BCUT2D eigenvalue weighted by molar-refractivity contribution is 0.850. The van der Waals surface area contributed by atoms with Crippen LogP contribution in [-0.2, 0) is 6.42 Å². The topological polar surface area (TPSA) is 0 Å². The molecule has 0 spiro atoms. The van der Waals surface area contributed by atoms with E-state index in [-0.39, 0.29) is 0 Å². The van der Waals surface area contributed by atoms with Gasteiger partial charge in [-0.15, -0.1) is 0 Å². The molecule has 0 N–H and O–H groups in total. The molecule has 16 heavy (non-hydrogen) atoms. The van der Waals surface area contributed by atoms with Crippen LogP contribution < -0.4 is 0 Å². The van der Waals surface area contributed by atoms with Gasteiger partial charge in [0.25, 0.3) is 0 Å². The van der Waals surface area contributed by atoms with E-state index in [1.807, 2.05) is 0 Å². The minimum absolute atomic E-state index is 0.610. The highest BCUT2D eigenvalue weighted by molar-refractivity contribution is 5.98. The van der Waals surface area contributed by atoms with Gasteiger partial charge in [0, 0.05) is 0 Å². The van der Waals surface area contributed by atoms with Crippen LogP contribution in [0.1, 0.15) is 25.0 Å². The number of hydrogen-bond donors (Lipinski definition) is 0. The third-order valence-corrected chi connectivity index (χ3v) is 3.47. The monoisotopic (exact) mass is 208 g/mol. The maximum atomic E-state index is 2.39. The summed E-state index contributed by atoms with van der Waals surface area (Å²) in [6.45, 7) is 4.55. The molecule has 2 aromatic carbocycles. The molecule has 0 nitrogen and oxygen atoms in total. The molecule has 0 heteroatoms. The highest BCUT2D eigenvalue weighted by atomic mass is 14.2. The third-order valence-electron chi connectivity index (χ3n) is 3.47. The summed E-state index contributed by atoms with van der Waals surface area (Å²) in [5, 5.41) is 2.84. The number of hydrogen-bond acceptors (Lipinski definition) is 0. The van der Waals surface area contributed by atoms with Crippen molar-refractivity contribution in [3.05, 3.63) is 53.6 Å². The molecule has 0 unspecified atom stereocenters. The predicted molar refractivity (Wildman–Crippen MR) is 70.5 cm³/mol. The van der Waals surface area contributed by atoms with Gasteiger partial charge in [0.2, 0.25) is 0 Å². The van der Waals surface area contributed by atoms with Gasteiger partial charge in [0.05, 0.1) is 0 Å². The van der Waals surface area contributed by atoms with Gasteiger partial charge in [-0.2, -0.15) is 0 Å². The molecule has 0 radical (unpaired) electrons. The predicted octanol–water partition coefficient (Wildman–Crippen LogP) is 4.44. The SMILES string of the molecule is CC(C)C1=CCc2cccc3cccc1c23. The van der Waals surface area contributed by atoms with E-state index >= 15 is 0 Å². The molecular weight excluding hydrogens is 192 g/mol. The maximum Gasteiger partial charge on any atom is -0.00734 e. The van der Waals surface area contributed by atoms with Gasteiger partial charge in [-0.05, 0) is 39.8 Å². The lowest BCUT2D eigenvalue weighted by atomic mass is 9.84. The van der Waals surface area contributed by atoms with E-state index in [1.165, 1.54) is 27.5 Å². The Morgan fingerprint density at radius 3 is 2.50 bits per heavy atom. The average molecular weight is 208 g/mol. The Bertz CT molecular complexity index is 568. The molecule has 0 saturated heterocycles. The van der Waals surface area contributed by atoms with Gasteiger partial charge >= 0.3 is 0 Å². The van der Waals surface area contributed by atoms with Gasteiger partial charge in [0.1, 0.15) is 0 Å². The molecule has 0 aromatic heterocycles. The standard InChI is InChI=1S/C16H16/c1-11(2)14-10-9-13-6-3-5-12-7-4-8-15(14)16(12)13/h3-8,10-11H,9H2,1-2H3. The molecule has 1 aliphatic rings. The first kappa shape index (κ1) is 9.65. The maximum absolute atomic E-state index is 2.39. The van der Waals surface area contributed by atoms with E-state index < -0.39 is 0 Å². The van der Waals surface area contributed by atoms with E-state index in [2.05, 4.69) is 56.3 Å². The van der Waals surface area contributed by atoms with Gasteiger partial charge in [-0.25, -0.2) is 0 Å². The van der Waals surface area contributed by atoms with Crippen LogP contribution in [0.2, 0.25) is 0 Å². The molecule has 0 saturated carbocycles. The Morgan fingerprint density at radius 2 is 1.75 bits per heavy atom. The second kappa shape index (κ2) is 3.48. The quantitative estimate of drug-likeness (QED) is 0.650. The van der Waals surface area contributed by atoms with Crippen molar-refractivity contribution < 1.29 is 0 Å². The Hall–Kier alpha value is -1.56. The lowest BCUT2D eigenvalue weighted by Crippen LogP contribution is -2.02. The zero-order valence-corrected chi connectivity index (χ0v) is 9.83. The lowest BCUT2D eigenvalue weighted by Gasteiger charge is -2.21. The molecule has 3 rings (SSSR count). The first-order valence-corrected chi connectivity index (χ1v) is 5.98. The molecule has 1 aliphatic carbocycles. The second-order valence-electron chi connectivity index (χ2n) is 4.84. The highest BCUT2D eigenvalue weighted by Gasteiger charge is 2.15. The van der Waals surface area contributed by atoms with Crippen molar-refractivity contribution in [2.75, 3.05) is 0 Å². The summed E-state index contributed by atoms with van der Waals surface area (Å²) in [6, 6.07) is 13.3. The van der Waals surface area contributed by atoms with Crippen LogP contribution in [-0.4, -0.2) is 0 Å². The Kier molecular flexibility index (Phi) is 2.10. The zero-order chi connectivity index (χ0) is 11.1. The van der Waals surface area contributed by atoms with Crippen molar-refractivity contribution in [3.8, 4) is 0 Å². The molecule has 0 bridgehead atoms. The Labute approximate surface area is 96.6 Å². The third kappa shape index (κ3) is 1.30. The molecular formula is C16H16. The molecule has 80 valence electrons. The fourth-order valence-corrected chi connectivity index (χ4v) is 2.71. The van der Waals surface area contributed by atoms with Crippen molar-refractivity contribution in [1.82, 2.24) is 0 Å². The minimum atomic E-state index is 0.610. The molecule has 0 heterocycles. The van der Waals surface area contributed by atoms with E-state index in [0.717, 1.165) is 6.42 Å². The zero-order valence-electron chi connectivity index (χ0n) is 9.83. The number of benzene rings is 2. The van der Waals surface area contributed by atoms with Crippen molar-refractivity contribution in [3.63, 3.8) is 0 Å². The Balaban J connectivity index is 2.37. The van der Waals surface area contributed by atoms with E-state index in [0.29, 0.717) is 5.92 Å². The fraction of sp³-hybridized carbons (Fsp3) is 0.250. The van der Waals surface area contributed by atoms with Crippen molar-refractivity contribution in [1.29, 1.82) is 0 Å². The molecule has 0 fully saturated rings. The van der Waals surface area contributed by atoms with E-state index in [1.54, 1.807) is 0 Å². The molecule has 2 aromatic rings. The summed E-state index contributed by atoms with van der Waals surface area (Å²) in [5.74, 6) is 0.610. The van der Waals surface area contributed by atoms with Crippen molar-refractivity contribution >= 4 is 16.3 Å². The normalized spacial score (nSPS) is 14.3. The first-order chi connectivity index (χ1) is 7.77. The van der Waals surface area contributed by atoms with Gasteiger partial charge in [0.15, 0.2) is 0 Å². The van der Waals surface area contributed by atoms with Crippen LogP contribution in [0.3, 0.4) is 0 Å². The summed E-state index contributed by atoms with van der Waals surface area (Å²) in [4.78, 5) is 0. The van der Waals surface area contributed by atoms with Gasteiger partial charge in [-0.1, -0.05) is 56.3 Å². The first-order valence-electron chi connectivity index (χ1n) is 5.98. The number of allylic oxidation sites excluding steroid dienone is 2. The minimum Gasteiger partial charge on any atom is -0.0760 e. The fourth-order valence-electron chi connectivity index (χ4n) is 2.71. The van der Waals surface area contributed by atoms with Gasteiger partial charge < -0.3 is 0 Å². The molecule has 0 amide bonds. The van der Waals surface area contributed by atoms with Crippen molar-refractivity contribution in [2.45, 2.75) is 20.3 Å². The van der Waals surface area contributed by atoms with Crippen LogP contribution >= 0.6 is 0 Å². The number of rotatable bonds is 1. The summed E-state index contributed by atoms with van der Waals surface area (Å²) in [7, 11) is 0. The smallest absolute Gasteiger partial charge is 0.00734 e. The van der Waals surface area contributed by atoms with Gasteiger partial charge in [-0.3, -0.25) is 0 Å². The largest absolute Gasteiger partial charge is 0.0760 e. The molecule has 0 aliphatic heterocycles. The summed E-state index contributed by atoms with van der Waals surface area (Å²) < 4.78 is 0. The van der Waals surface area contributed by atoms with Crippen LogP contribution in [0.25, 0.3) is 16.3 Å². The molecule has 0 atom stereocenters. The van der Waals surface area contributed by atoms with E-state index in [4.69, 9.17) is 0 Å². The summed E-state index contributed by atoms with van der Waals surface area (Å²) >= 11 is 0. The van der Waals surface area contributed by atoms with Crippen LogP contribution in [0, 0.1) is 5.92 Å². The van der Waals surface area contributed by atoms with Crippen LogP contribution in [0.5, 0.6) is 0 Å². The second-order valence-corrected chi connectivity index (χ2v) is 4.84. The van der Waals surface area contributed by atoms with E-state index in [9.17, 15) is 0 Å². The van der Waals surface area contributed by atoms with Crippen molar-refractivity contribution in [2.24, 2.45) is 5.92 Å². The highest BCUT2D eigenvalue weighted by Crippen LogP contribution is 2.36. The Morgan fingerprint density at radius 1 is 1.00 bits per heavy atom.